The van der Waals surface area contributed by atoms with Crippen molar-refractivity contribution in [3.05, 3.63) is 11.3 Å². The summed E-state index contributed by atoms with van der Waals surface area (Å²) in [5, 5.41) is 16.8. The Morgan fingerprint density at radius 3 is 1.92 bits per heavy atom. The minimum Gasteiger partial charge on any atom is -0.478 e. The summed E-state index contributed by atoms with van der Waals surface area (Å²) in [7, 11) is -0.0134. The molecule has 0 aliphatic heterocycles. The molecule has 0 aromatic heterocycles. The van der Waals surface area contributed by atoms with E-state index in [-0.39, 0.29) is 19.8 Å². The third-order valence-corrected chi connectivity index (χ3v) is 2.39. The fourth-order valence-corrected chi connectivity index (χ4v) is 1.79. The molecule has 0 aromatic rings. The molecule has 0 aromatic carbocycles. The van der Waals surface area contributed by atoms with Gasteiger partial charge in [0.1, 0.15) is 0 Å². The van der Waals surface area contributed by atoms with Crippen molar-refractivity contribution in [2.75, 3.05) is 0 Å². The summed E-state index contributed by atoms with van der Waals surface area (Å²) in [5.74, 6) is -2.37. The van der Waals surface area contributed by atoms with Crippen LogP contribution in [0.1, 0.15) is 20.8 Å². The van der Waals surface area contributed by atoms with Crippen LogP contribution in [0.15, 0.2) is 11.3 Å². The van der Waals surface area contributed by atoms with Gasteiger partial charge in [0.25, 0.3) is 0 Å². The first-order valence-corrected chi connectivity index (χ1v) is 4.68. The molecule has 0 spiro atoms. The van der Waals surface area contributed by atoms with Crippen LogP contribution in [-0.2, 0) is 9.59 Å². The van der Waals surface area contributed by atoms with Gasteiger partial charge in [0.2, 0.25) is 0 Å². The number of hydrogen-bond donors (Lipinski definition) is 2. The first-order valence-electron chi connectivity index (χ1n) is 3.68. The third kappa shape index (κ3) is 6.09. The zero-order valence-corrected chi connectivity index (χ0v) is 8.79. The predicted molar refractivity (Wildman–Crippen MR) is 48.8 cm³/mol. The highest BCUT2D eigenvalue weighted by Gasteiger charge is 2.20. The molecule has 0 fully saturated rings. The van der Waals surface area contributed by atoms with Crippen molar-refractivity contribution in [1.29, 1.82) is 0 Å². The summed E-state index contributed by atoms with van der Waals surface area (Å²) in [5.41, 5.74) is 0. The number of rotatable bonds is 3. The van der Waals surface area contributed by atoms with Crippen LogP contribution in [0.3, 0.4) is 0 Å². The van der Waals surface area contributed by atoms with Gasteiger partial charge in [0.15, 0.2) is 0 Å². The van der Waals surface area contributed by atoms with Gasteiger partial charge in [-0.2, -0.15) is 0 Å². The topological polar surface area (TPSA) is 74.6 Å². The fourth-order valence-electron chi connectivity index (χ4n) is 0.679. The number of carbonyl (C=O) groups is 2. The zero-order valence-electron chi connectivity index (χ0n) is 7.79. The number of carboxylic acids is 2. The van der Waals surface area contributed by atoms with Crippen LogP contribution in [0.5, 0.6) is 0 Å². The molecule has 5 heteroatoms. The molecule has 0 aliphatic carbocycles. The lowest BCUT2D eigenvalue weighted by Crippen LogP contribution is -2.18. The number of aliphatic carboxylic acids is 2. The molecule has 0 aliphatic rings. The molecule has 0 amide bonds. The van der Waals surface area contributed by atoms with Crippen molar-refractivity contribution in [3.8, 4) is 0 Å². The highest BCUT2D eigenvalue weighted by atomic mass is 28.2. The minimum atomic E-state index is -1.21. The molecular weight excluding hydrogens is 188 g/mol. The molecule has 0 bridgehead atoms. The molecule has 0 unspecified atom stereocenters. The largest absolute Gasteiger partial charge is 0.478 e. The van der Waals surface area contributed by atoms with Crippen LogP contribution < -0.4 is 0 Å². The average molecular weight is 200 g/mol. The quantitative estimate of drug-likeness (QED) is 0.525. The lowest BCUT2D eigenvalue weighted by atomic mass is 10.2. The summed E-state index contributed by atoms with van der Waals surface area (Å²) >= 11 is 0. The van der Waals surface area contributed by atoms with E-state index in [9.17, 15) is 9.59 Å². The zero-order chi connectivity index (χ0) is 10.6. The minimum absolute atomic E-state index is 0.0134. The first-order chi connectivity index (χ1) is 5.72. The SMILES string of the molecule is CC(C)(C)[Si]/C(=C/C(=O)O)C(=O)O. The molecule has 0 saturated carbocycles. The number of hydrogen-bond acceptors (Lipinski definition) is 2. The van der Waals surface area contributed by atoms with Gasteiger partial charge >= 0.3 is 11.9 Å². The van der Waals surface area contributed by atoms with Crippen molar-refractivity contribution in [2.24, 2.45) is 0 Å². The van der Waals surface area contributed by atoms with Crippen LogP contribution in [-0.4, -0.2) is 31.7 Å². The van der Waals surface area contributed by atoms with Gasteiger partial charge in [0, 0.05) is 11.3 Å². The number of carboxylic acid groups (broad SMARTS) is 2. The molecule has 72 valence electrons. The highest BCUT2D eigenvalue weighted by Crippen LogP contribution is 2.23. The molecule has 2 N–H and O–H groups in total. The van der Waals surface area contributed by atoms with E-state index < -0.39 is 11.9 Å². The van der Waals surface area contributed by atoms with E-state index in [1.54, 1.807) is 0 Å². The van der Waals surface area contributed by atoms with Gasteiger partial charge in [0.05, 0.1) is 9.52 Å². The summed E-state index contributed by atoms with van der Waals surface area (Å²) < 4.78 is 0. The fraction of sp³-hybridized carbons (Fsp3) is 0.500. The van der Waals surface area contributed by atoms with Crippen LogP contribution in [0, 0.1) is 0 Å². The molecule has 4 nitrogen and oxygen atoms in total. The second kappa shape index (κ2) is 4.22. The summed E-state index contributed by atoms with van der Waals surface area (Å²) in [6.07, 6.45) is 0.756. The van der Waals surface area contributed by atoms with Crippen molar-refractivity contribution in [3.63, 3.8) is 0 Å². The van der Waals surface area contributed by atoms with Crippen molar-refractivity contribution >= 4 is 21.5 Å². The maximum absolute atomic E-state index is 10.6. The lowest BCUT2D eigenvalue weighted by Gasteiger charge is -2.16. The Labute approximate surface area is 79.1 Å². The molecule has 13 heavy (non-hydrogen) atoms. The maximum Gasteiger partial charge on any atom is 0.328 e. The van der Waals surface area contributed by atoms with Gasteiger partial charge in [-0.25, -0.2) is 9.59 Å². The van der Waals surface area contributed by atoms with E-state index in [0.29, 0.717) is 0 Å². The van der Waals surface area contributed by atoms with E-state index in [1.165, 1.54) is 0 Å². The van der Waals surface area contributed by atoms with Gasteiger partial charge in [-0.15, -0.1) is 0 Å². The maximum atomic E-state index is 10.6. The normalized spacial score (nSPS) is 12.7. The average Bonchev–Trinajstić information content (AvgIpc) is 1.81. The molecule has 2 radical (unpaired) electrons. The van der Waals surface area contributed by atoms with Gasteiger partial charge in [-0.05, 0) is 5.04 Å². The third-order valence-electron chi connectivity index (χ3n) is 1.01. The molecule has 0 rings (SSSR count). The van der Waals surface area contributed by atoms with Gasteiger partial charge in [-0.1, -0.05) is 20.8 Å². The standard InChI is InChI=1S/C8H12O4Si/c1-8(2,3)13-5(7(11)12)4-6(9)10/h4H,1-3H3,(H,9,10)(H,11,12)/b5-4+. The predicted octanol–water partition coefficient (Wildman–Crippen LogP) is 0.962. The van der Waals surface area contributed by atoms with E-state index in [4.69, 9.17) is 10.2 Å². The molecule has 0 saturated heterocycles. The Bertz CT molecular complexity index is 249. The van der Waals surface area contributed by atoms with E-state index in [1.807, 2.05) is 20.8 Å². The van der Waals surface area contributed by atoms with E-state index >= 15 is 0 Å². The monoisotopic (exact) mass is 200 g/mol. The summed E-state index contributed by atoms with van der Waals surface area (Å²) in [4.78, 5) is 20.9. The Morgan fingerprint density at radius 2 is 1.69 bits per heavy atom. The van der Waals surface area contributed by atoms with Gasteiger partial charge < -0.3 is 10.2 Å². The van der Waals surface area contributed by atoms with Crippen molar-refractivity contribution < 1.29 is 19.8 Å². The van der Waals surface area contributed by atoms with Crippen LogP contribution in [0.25, 0.3) is 0 Å². The first kappa shape index (κ1) is 11.9. The Morgan fingerprint density at radius 1 is 1.23 bits per heavy atom. The Balaban J connectivity index is 4.65. The van der Waals surface area contributed by atoms with Crippen LogP contribution in [0.4, 0.5) is 0 Å². The van der Waals surface area contributed by atoms with Crippen LogP contribution >= 0.6 is 0 Å². The lowest BCUT2D eigenvalue weighted by molar-refractivity contribution is -0.134. The summed E-state index contributed by atoms with van der Waals surface area (Å²) in [6, 6.07) is 0. The van der Waals surface area contributed by atoms with Gasteiger partial charge in [-0.3, -0.25) is 0 Å². The van der Waals surface area contributed by atoms with Crippen LogP contribution in [0.2, 0.25) is 5.04 Å². The molecular formula is C8H12O4Si. The van der Waals surface area contributed by atoms with Crippen molar-refractivity contribution in [2.45, 2.75) is 25.8 Å². The molecule has 0 heterocycles. The highest BCUT2D eigenvalue weighted by molar-refractivity contribution is 6.56. The van der Waals surface area contributed by atoms with Crippen molar-refractivity contribution in [1.82, 2.24) is 0 Å². The summed E-state index contributed by atoms with van der Waals surface area (Å²) in [6.45, 7) is 5.60. The second-order valence-corrected chi connectivity index (χ2v) is 5.87. The molecule has 0 atom stereocenters. The smallest absolute Gasteiger partial charge is 0.328 e. The Hall–Kier alpha value is -1.10. The Kier molecular flexibility index (Phi) is 3.87. The van der Waals surface area contributed by atoms with E-state index in [2.05, 4.69) is 0 Å². The second-order valence-electron chi connectivity index (χ2n) is 3.58. The van der Waals surface area contributed by atoms with E-state index in [0.717, 1.165) is 6.08 Å².